The van der Waals surface area contributed by atoms with E-state index in [0.717, 1.165) is 0 Å². The van der Waals surface area contributed by atoms with Gasteiger partial charge in [-0.25, -0.2) is 19.2 Å². The van der Waals surface area contributed by atoms with Crippen molar-refractivity contribution in [1.82, 2.24) is 5.32 Å². The number of rotatable bonds is 8. The Morgan fingerprint density at radius 2 is 1.61 bits per heavy atom. The van der Waals surface area contributed by atoms with Crippen molar-refractivity contribution in [1.29, 1.82) is 0 Å². The maximum Gasteiger partial charge on any atom is 0.408 e. The molecule has 4 N–H and O–H groups in total. The summed E-state index contributed by atoms with van der Waals surface area (Å²) in [5.74, 6) is -3.48. The van der Waals surface area contributed by atoms with Crippen molar-refractivity contribution >= 4 is 29.7 Å². The summed E-state index contributed by atoms with van der Waals surface area (Å²) in [7, 11) is 1.18. The molecule has 0 aliphatic rings. The molecule has 0 heterocycles. The van der Waals surface area contributed by atoms with Crippen molar-refractivity contribution in [3.05, 3.63) is 29.8 Å². The molecule has 0 aromatic heterocycles. The van der Waals surface area contributed by atoms with Crippen LogP contribution in [0.3, 0.4) is 0 Å². The van der Waals surface area contributed by atoms with E-state index in [2.05, 4.69) is 15.4 Å². The molecule has 1 unspecified atom stereocenters. The van der Waals surface area contributed by atoms with Crippen molar-refractivity contribution in [2.75, 3.05) is 12.4 Å². The van der Waals surface area contributed by atoms with E-state index in [9.17, 15) is 29.4 Å². The molecule has 1 amide bonds. The van der Waals surface area contributed by atoms with Gasteiger partial charge in [0.25, 0.3) is 0 Å². The molecule has 0 radical (unpaired) electrons. The number of carbonyl (C=O) groups excluding carboxylic acids is 2. The Morgan fingerprint density at radius 3 is 2.11 bits per heavy atom. The highest BCUT2D eigenvalue weighted by Crippen LogP contribution is 2.19. The first kappa shape index (κ1) is 22.7. The highest BCUT2D eigenvalue weighted by Gasteiger charge is 2.30. The number of hydrogen-bond donors (Lipinski definition) is 4. The molecular weight excluding hydrogens is 372 g/mol. The minimum atomic E-state index is -1.53. The van der Waals surface area contributed by atoms with Gasteiger partial charge in [-0.3, -0.25) is 0 Å². The molecule has 10 heteroatoms. The van der Waals surface area contributed by atoms with Crippen LogP contribution >= 0.6 is 0 Å². The molecule has 1 aromatic rings. The molecule has 2 atom stereocenters. The lowest BCUT2D eigenvalue weighted by atomic mass is 10.1. The maximum atomic E-state index is 11.8. The highest BCUT2D eigenvalue weighted by molar-refractivity contribution is 5.96. The molecule has 0 saturated heterocycles. The Labute approximate surface area is 161 Å². The first-order valence-corrected chi connectivity index (χ1v) is 8.33. The number of carboxylic acids is 2. The van der Waals surface area contributed by atoms with Crippen LogP contribution in [0.2, 0.25) is 0 Å². The normalized spacial score (nSPS) is 13.0. The summed E-state index contributed by atoms with van der Waals surface area (Å²) in [4.78, 5) is 46.7. The summed E-state index contributed by atoms with van der Waals surface area (Å²) in [6.07, 6.45) is -1.49. The zero-order valence-electron chi connectivity index (χ0n) is 16.0. The van der Waals surface area contributed by atoms with Crippen LogP contribution in [-0.4, -0.2) is 59.0 Å². The first-order chi connectivity index (χ1) is 12.9. The lowest BCUT2D eigenvalue weighted by Gasteiger charge is -2.24. The monoisotopic (exact) mass is 396 g/mol. The number of carboxylic acid groups (broad SMARTS) is 2. The smallest absolute Gasteiger partial charge is 0.408 e. The van der Waals surface area contributed by atoms with Crippen LogP contribution < -0.4 is 10.6 Å². The average molecular weight is 396 g/mol. The van der Waals surface area contributed by atoms with Gasteiger partial charge >= 0.3 is 24.0 Å². The van der Waals surface area contributed by atoms with Gasteiger partial charge in [-0.1, -0.05) is 12.1 Å². The molecule has 0 bridgehead atoms. The van der Waals surface area contributed by atoms with Gasteiger partial charge in [-0.05, 0) is 32.9 Å². The topological polar surface area (TPSA) is 151 Å². The predicted octanol–water partition coefficient (Wildman–Crippen LogP) is 1.71. The van der Waals surface area contributed by atoms with Crippen LogP contribution in [0, 0.1) is 0 Å². The minimum absolute atomic E-state index is 0.0863. The van der Waals surface area contributed by atoms with Gasteiger partial charge in [-0.2, -0.15) is 0 Å². The molecule has 0 aliphatic heterocycles. The van der Waals surface area contributed by atoms with Gasteiger partial charge in [0.15, 0.2) is 0 Å². The summed E-state index contributed by atoms with van der Waals surface area (Å²) >= 11 is 0. The molecule has 0 fully saturated rings. The highest BCUT2D eigenvalue weighted by atomic mass is 16.6. The van der Waals surface area contributed by atoms with Gasteiger partial charge < -0.3 is 30.3 Å². The van der Waals surface area contributed by atoms with Gasteiger partial charge in [0.2, 0.25) is 0 Å². The third kappa shape index (κ3) is 7.14. The number of benzene rings is 1. The summed E-state index contributed by atoms with van der Waals surface area (Å²) in [5, 5.41) is 23.5. The standard InChI is InChI=1S/C18H24N2O8/c1-18(2,3)28-17(26)20-13(15(23)24)9-12(14(21)22)19-11-8-6-5-7-10(11)16(25)27-4/h5-8,12-13,19H,9H2,1-4H3,(H,20,26)(H,21,22)(H,23,24)/t12?,13-/m1/s1. The minimum Gasteiger partial charge on any atom is -0.480 e. The largest absolute Gasteiger partial charge is 0.480 e. The number of hydrogen-bond acceptors (Lipinski definition) is 7. The predicted molar refractivity (Wildman–Crippen MR) is 98.2 cm³/mol. The number of esters is 1. The van der Waals surface area contributed by atoms with Gasteiger partial charge in [0, 0.05) is 12.1 Å². The van der Waals surface area contributed by atoms with E-state index >= 15 is 0 Å². The van der Waals surface area contributed by atoms with Crippen LogP contribution in [-0.2, 0) is 19.1 Å². The Balaban J connectivity index is 2.99. The number of alkyl carbamates (subject to hydrolysis) is 1. The zero-order valence-corrected chi connectivity index (χ0v) is 16.0. The van der Waals surface area contributed by atoms with Crippen LogP contribution in [0.25, 0.3) is 0 Å². The van der Waals surface area contributed by atoms with Crippen molar-refractivity contribution in [2.45, 2.75) is 44.9 Å². The summed E-state index contributed by atoms with van der Waals surface area (Å²) in [5.41, 5.74) is -0.608. The Hall–Kier alpha value is -3.30. The van der Waals surface area contributed by atoms with Crippen molar-refractivity contribution < 1.29 is 38.9 Å². The second-order valence-corrected chi connectivity index (χ2v) is 6.85. The Bertz CT molecular complexity index is 741. The number of amides is 1. The molecular formula is C18H24N2O8. The average Bonchev–Trinajstić information content (AvgIpc) is 2.58. The molecule has 0 saturated carbocycles. The fourth-order valence-electron chi connectivity index (χ4n) is 2.21. The SMILES string of the molecule is COC(=O)c1ccccc1NC(C[C@@H](NC(=O)OC(C)(C)C)C(=O)O)C(=O)O. The molecule has 154 valence electrons. The van der Waals surface area contributed by atoms with Crippen molar-refractivity contribution in [3.63, 3.8) is 0 Å². The zero-order chi connectivity index (χ0) is 21.5. The van der Waals surface area contributed by atoms with E-state index < -0.39 is 48.1 Å². The number of aliphatic carboxylic acids is 2. The van der Waals surface area contributed by atoms with Crippen LogP contribution in [0.15, 0.2) is 24.3 Å². The number of anilines is 1. The van der Waals surface area contributed by atoms with Crippen molar-refractivity contribution in [2.24, 2.45) is 0 Å². The summed E-state index contributed by atoms with van der Waals surface area (Å²) < 4.78 is 9.64. The molecule has 1 aromatic carbocycles. The van der Waals surface area contributed by atoms with Gasteiger partial charge in [-0.15, -0.1) is 0 Å². The Morgan fingerprint density at radius 1 is 1.04 bits per heavy atom. The summed E-state index contributed by atoms with van der Waals surface area (Å²) in [6, 6.07) is 3.08. The third-order valence-corrected chi connectivity index (χ3v) is 3.42. The van der Waals surface area contributed by atoms with Crippen LogP contribution in [0.4, 0.5) is 10.5 Å². The van der Waals surface area contributed by atoms with E-state index in [1.54, 1.807) is 32.9 Å². The fourth-order valence-corrected chi connectivity index (χ4v) is 2.21. The third-order valence-electron chi connectivity index (χ3n) is 3.42. The molecule has 1 rings (SSSR count). The first-order valence-electron chi connectivity index (χ1n) is 8.33. The van der Waals surface area contributed by atoms with Crippen LogP contribution in [0.1, 0.15) is 37.6 Å². The molecule has 28 heavy (non-hydrogen) atoms. The molecule has 0 spiro atoms. The van der Waals surface area contributed by atoms with E-state index in [0.29, 0.717) is 0 Å². The number of nitrogens with one attached hydrogen (secondary N) is 2. The van der Waals surface area contributed by atoms with E-state index in [1.807, 2.05) is 0 Å². The van der Waals surface area contributed by atoms with Crippen LogP contribution in [0.5, 0.6) is 0 Å². The molecule has 0 aliphatic carbocycles. The van der Waals surface area contributed by atoms with Gasteiger partial charge in [0.05, 0.1) is 12.7 Å². The van der Waals surface area contributed by atoms with E-state index in [4.69, 9.17) is 4.74 Å². The number of methoxy groups -OCH3 is 1. The molecule has 10 nitrogen and oxygen atoms in total. The number of carbonyl (C=O) groups is 4. The lowest BCUT2D eigenvalue weighted by Crippen LogP contribution is -2.47. The van der Waals surface area contributed by atoms with E-state index in [-0.39, 0.29) is 11.3 Å². The second kappa shape index (κ2) is 9.58. The van der Waals surface area contributed by atoms with E-state index in [1.165, 1.54) is 19.2 Å². The second-order valence-electron chi connectivity index (χ2n) is 6.85. The van der Waals surface area contributed by atoms with Gasteiger partial charge in [0.1, 0.15) is 17.7 Å². The quantitative estimate of drug-likeness (QED) is 0.481. The number of ether oxygens (including phenoxy) is 2. The Kier molecular flexibility index (Phi) is 7.78. The fraction of sp³-hybridized carbons (Fsp3) is 0.444. The lowest BCUT2D eigenvalue weighted by molar-refractivity contribution is -0.141. The number of para-hydroxylation sites is 1. The van der Waals surface area contributed by atoms with Crippen molar-refractivity contribution in [3.8, 4) is 0 Å². The maximum absolute atomic E-state index is 11.8. The summed E-state index contributed by atoms with van der Waals surface area (Å²) in [6.45, 7) is 4.81.